The lowest BCUT2D eigenvalue weighted by atomic mass is 9.69. The lowest BCUT2D eigenvalue weighted by Gasteiger charge is -2.35. The Morgan fingerprint density at radius 2 is 1.70 bits per heavy atom. The van der Waals surface area contributed by atoms with Crippen molar-refractivity contribution in [1.29, 1.82) is 0 Å². The molecule has 1 aliphatic carbocycles. The monoisotopic (exact) mass is 284 g/mol. The van der Waals surface area contributed by atoms with E-state index in [0.717, 1.165) is 18.4 Å². The number of ether oxygens (including phenoxy) is 1. The van der Waals surface area contributed by atoms with Crippen LogP contribution in [0.3, 0.4) is 0 Å². The van der Waals surface area contributed by atoms with Crippen molar-refractivity contribution in [3.05, 3.63) is 48.0 Å². The SMILES string of the molecule is C=CC1(c2ccc(COC(F)(F)F)cc2)CCCCC1. The quantitative estimate of drug-likeness (QED) is 0.698. The average Bonchev–Trinajstić information content (AvgIpc) is 2.46. The van der Waals surface area contributed by atoms with Crippen LogP contribution in [0.25, 0.3) is 0 Å². The minimum Gasteiger partial charge on any atom is -0.287 e. The molecule has 1 aromatic rings. The maximum absolute atomic E-state index is 12.0. The number of alkyl halides is 3. The van der Waals surface area contributed by atoms with Crippen LogP contribution < -0.4 is 0 Å². The molecule has 0 amide bonds. The normalized spacial score (nSPS) is 18.8. The second-order valence-electron chi connectivity index (χ2n) is 5.35. The van der Waals surface area contributed by atoms with Crippen LogP contribution in [0, 0.1) is 0 Å². The van der Waals surface area contributed by atoms with Crippen molar-refractivity contribution in [2.45, 2.75) is 50.5 Å². The fourth-order valence-electron chi connectivity index (χ4n) is 2.89. The zero-order valence-corrected chi connectivity index (χ0v) is 11.4. The van der Waals surface area contributed by atoms with E-state index in [4.69, 9.17) is 0 Å². The number of hydrogen-bond acceptors (Lipinski definition) is 1. The maximum Gasteiger partial charge on any atom is 0.522 e. The third kappa shape index (κ3) is 3.63. The van der Waals surface area contributed by atoms with E-state index in [1.54, 1.807) is 12.1 Å². The van der Waals surface area contributed by atoms with E-state index < -0.39 is 13.0 Å². The summed E-state index contributed by atoms with van der Waals surface area (Å²) in [6, 6.07) is 7.23. The predicted molar refractivity (Wildman–Crippen MR) is 72.2 cm³/mol. The minimum atomic E-state index is -4.58. The van der Waals surface area contributed by atoms with Gasteiger partial charge in [0.1, 0.15) is 0 Å². The van der Waals surface area contributed by atoms with Gasteiger partial charge in [0, 0.05) is 5.41 Å². The van der Waals surface area contributed by atoms with Gasteiger partial charge in [0.15, 0.2) is 0 Å². The van der Waals surface area contributed by atoms with E-state index in [-0.39, 0.29) is 5.41 Å². The molecule has 0 atom stereocenters. The highest BCUT2D eigenvalue weighted by Crippen LogP contribution is 2.40. The molecule has 0 aliphatic heterocycles. The van der Waals surface area contributed by atoms with Gasteiger partial charge < -0.3 is 0 Å². The first kappa shape index (κ1) is 15.1. The zero-order chi connectivity index (χ0) is 14.6. The Morgan fingerprint density at radius 1 is 1.10 bits per heavy atom. The molecule has 1 aromatic carbocycles. The molecule has 1 fully saturated rings. The topological polar surface area (TPSA) is 9.23 Å². The molecular weight excluding hydrogens is 265 g/mol. The molecule has 0 radical (unpaired) electrons. The van der Waals surface area contributed by atoms with Crippen molar-refractivity contribution in [3.63, 3.8) is 0 Å². The standard InChI is InChI=1S/C16H19F3O/c1-2-15(10-4-3-5-11-15)14-8-6-13(7-9-14)12-20-16(17,18)19/h2,6-9H,1,3-5,10-12H2. The van der Waals surface area contributed by atoms with Gasteiger partial charge in [-0.2, -0.15) is 0 Å². The molecule has 0 spiro atoms. The summed E-state index contributed by atoms with van der Waals surface area (Å²) >= 11 is 0. The third-order valence-corrected chi connectivity index (χ3v) is 4.07. The highest BCUT2D eigenvalue weighted by Gasteiger charge is 2.31. The van der Waals surface area contributed by atoms with Gasteiger partial charge in [0.05, 0.1) is 6.61 Å². The van der Waals surface area contributed by atoms with E-state index in [9.17, 15) is 13.2 Å². The summed E-state index contributed by atoms with van der Waals surface area (Å²) < 4.78 is 39.8. The predicted octanol–water partition coefficient (Wildman–Crippen LogP) is 5.11. The lowest BCUT2D eigenvalue weighted by molar-refractivity contribution is -0.330. The fraction of sp³-hybridized carbons (Fsp3) is 0.500. The Kier molecular flexibility index (Phi) is 4.53. The van der Waals surface area contributed by atoms with Crippen molar-refractivity contribution in [3.8, 4) is 0 Å². The minimum absolute atomic E-state index is 0.0122. The van der Waals surface area contributed by atoms with Gasteiger partial charge in [-0.1, -0.05) is 49.6 Å². The number of hydrogen-bond donors (Lipinski definition) is 0. The second-order valence-corrected chi connectivity index (χ2v) is 5.35. The zero-order valence-electron chi connectivity index (χ0n) is 11.4. The molecule has 0 saturated heterocycles. The van der Waals surface area contributed by atoms with E-state index >= 15 is 0 Å². The van der Waals surface area contributed by atoms with Crippen LogP contribution in [-0.4, -0.2) is 6.36 Å². The second kappa shape index (κ2) is 6.00. The maximum atomic E-state index is 12.0. The molecule has 1 nitrogen and oxygen atoms in total. The molecule has 0 N–H and O–H groups in total. The van der Waals surface area contributed by atoms with E-state index in [1.807, 2.05) is 18.2 Å². The van der Waals surface area contributed by atoms with Gasteiger partial charge in [-0.05, 0) is 24.0 Å². The van der Waals surface area contributed by atoms with E-state index in [2.05, 4.69) is 11.3 Å². The van der Waals surface area contributed by atoms with Crippen LogP contribution in [0.2, 0.25) is 0 Å². The van der Waals surface area contributed by atoms with Crippen LogP contribution in [0.4, 0.5) is 13.2 Å². The smallest absolute Gasteiger partial charge is 0.287 e. The molecule has 4 heteroatoms. The van der Waals surface area contributed by atoms with Gasteiger partial charge >= 0.3 is 6.36 Å². The molecule has 0 heterocycles. The first-order valence-electron chi connectivity index (χ1n) is 6.89. The van der Waals surface area contributed by atoms with Crippen molar-refractivity contribution in [2.75, 3.05) is 0 Å². The van der Waals surface area contributed by atoms with Crippen LogP contribution in [0.1, 0.15) is 43.2 Å². The highest BCUT2D eigenvalue weighted by molar-refractivity contribution is 5.33. The Hall–Kier alpha value is -1.29. The first-order valence-corrected chi connectivity index (χ1v) is 6.89. The summed E-state index contributed by atoms with van der Waals surface area (Å²) in [4.78, 5) is 0. The first-order chi connectivity index (χ1) is 9.45. The Labute approximate surface area is 117 Å². The Bertz CT molecular complexity index is 442. The van der Waals surface area contributed by atoms with Crippen LogP contribution >= 0.6 is 0 Å². The summed E-state index contributed by atoms with van der Waals surface area (Å²) in [7, 11) is 0. The van der Waals surface area contributed by atoms with Crippen LogP contribution in [0.15, 0.2) is 36.9 Å². The van der Waals surface area contributed by atoms with Gasteiger partial charge in [0.25, 0.3) is 0 Å². The summed E-state index contributed by atoms with van der Waals surface area (Å²) in [5.41, 5.74) is 1.66. The van der Waals surface area contributed by atoms with Crippen molar-refractivity contribution >= 4 is 0 Å². The Morgan fingerprint density at radius 3 is 2.20 bits per heavy atom. The van der Waals surface area contributed by atoms with E-state index in [0.29, 0.717) is 5.56 Å². The molecule has 1 saturated carbocycles. The Balaban J connectivity index is 2.08. The van der Waals surface area contributed by atoms with Crippen molar-refractivity contribution in [1.82, 2.24) is 0 Å². The molecular formula is C16H19F3O. The third-order valence-electron chi connectivity index (χ3n) is 4.07. The summed E-state index contributed by atoms with van der Waals surface area (Å²) in [5.74, 6) is 0. The molecule has 110 valence electrons. The molecule has 0 bridgehead atoms. The fourth-order valence-corrected chi connectivity index (χ4v) is 2.89. The summed E-state index contributed by atoms with van der Waals surface area (Å²) in [5, 5.41) is 0. The number of rotatable bonds is 4. The van der Waals surface area contributed by atoms with Crippen LogP contribution in [0.5, 0.6) is 0 Å². The number of allylic oxidation sites excluding steroid dienone is 1. The van der Waals surface area contributed by atoms with Gasteiger partial charge in [-0.25, -0.2) is 0 Å². The largest absolute Gasteiger partial charge is 0.522 e. The van der Waals surface area contributed by atoms with Gasteiger partial charge in [0.2, 0.25) is 0 Å². The molecule has 2 rings (SSSR count). The molecule has 0 unspecified atom stereocenters. The summed E-state index contributed by atoms with van der Waals surface area (Å²) in [6.07, 6.45) is 3.13. The molecule has 20 heavy (non-hydrogen) atoms. The van der Waals surface area contributed by atoms with Gasteiger partial charge in [-0.3, -0.25) is 4.74 Å². The number of benzene rings is 1. The van der Waals surface area contributed by atoms with Crippen molar-refractivity contribution in [2.24, 2.45) is 0 Å². The van der Waals surface area contributed by atoms with E-state index in [1.165, 1.54) is 19.3 Å². The summed E-state index contributed by atoms with van der Waals surface area (Å²) in [6.45, 7) is 3.51. The molecule has 1 aliphatic rings. The number of halogens is 3. The van der Waals surface area contributed by atoms with Gasteiger partial charge in [-0.15, -0.1) is 19.8 Å². The lowest BCUT2D eigenvalue weighted by Crippen LogP contribution is -2.26. The average molecular weight is 284 g/mol. The molecule has 0 aromatic heterocycles. The van der Waals surface area contributed by atoms with Crippen LogP contribution in [-0.2, 0) is 16.8 Å². The van der Waals surface area contributed by atoms with Crippen molar-refractivity contribution < 1.29 is 17.9 Å². The highest BCUT2D eigenvalue weighted by atomic mass is 19.4.